The Morgan fingerprint density at radius 3 is 2.39 bits per heavy atom. The average Bonchev–Trinajstić information content (AvgIpc) is 2.93. The molecule has 200 valence electrons. The number of benzene rings is 2. The minimum Gasteiger partial charge on any atom is -0.468 e. The number of unbranched alkanes of at least 4 members (excludes halogenated alkanes) is 1. The molecule has 0 unspecified atom stereocenters. The van der Waals surface area contributed by atoms with Crippen molar-refractivity contribution < 1.29 is 19.1 Å². The fourth-order valence-corrected chi connectivity index (χ4v) is 3.99. The first-order valence-electron chi connectivity index (χ1n) is 12.5. The van der Waals surface area contributed by atoms with Crippen LogP contribution in [0.5, 0.6) is 0 Å². The number of hydrogen-bond acceptors (Lipinski definition) is 7. The lowest BCUT2D eigenvalue weighted by Crippen LogP contribution is -2.30. The van der Waals surface area contributed by atoms with Crippen molar-refractivity contribution in [1.82, 2.24) is 14.5 Å². The van der Waals surface area contributed by atoms with Crippen molar-refractivity contribution in [2.45, 2.75) is 39.2 Å². The number of methoxy groups -OCH3 is 2. The number of aliphatic imine (C=N–C) groups is 1. The van der Waals surface area contributed by atoms with Gasteiger partial charge in [-0.2, -0.15) is 0 Å². The summed E-state index contributed by atoms with van der Waals surface area (Å²) in [6.07, 6.45) is 4.30. The van der Waals surface area contributed by atoms with E-state index in [1.165, 1.54) is 18.8 Å². The van der Waals surface area contributed by atoms with Crippen molar-refractivity contribution in [2.24, 2.45) is 4.99 Å². The Bertz CT molecular complexity index is 1360. The van der Waals surface area contributed by atoms with Crippen molar-refractivity contribution in [3.05, 3.63) is 81.3 Å². The molecule has 0 radical (unpaired) electrons. The van der Waals surface area contributed by atoms with Gasteiger partial charge in [-0.05, 0) is 35.6 Å². The molecule has 3 aromatic rings. The Labute approximate surface area is 222 Å². The Morgan fingerprint density at radius 1 is 1.05 bits per heavy atom. The van der Waals surface area contributed by atoms with Crippen LogP contribution in [0.1, 0.15) is 46.9 Å². The second kappa shape index (κ2) is 13.3. The molecule has 0 aliphatic heterocycles. The molecule has 9 heteroatoms. The zero-order valence-corrected chi connectivity index (χ0v) is 22.6. The lowest BCUT2D eigenvalue weighted by atomic mass is 9.96. The van der Waals surface area contributed by atoms with Gasteiger partial charge in [0, 0.05) is 26.1 Å². The molecule has 0 saturated carbocycles. The molecule has 0 aliphatic carbocycles. The van der Waals surface area contributed by atoms with Gasteiger partial charge in [-0.15, -0.1) is 0 Å². The van der Waals surface area contributed by atoms with E-state index in [4.69, 9.17) is 14.5 Å². The van der Waals surface area contributed by atoms with Gasteiger partial charge in [0.2, 0.25) is 5.95 Å². The molecule has 2 aromatic carbocycles. The number of ether oxygens (including phenoxy) is 2. The van der Waals surface area contributed by atoms with Gasteiger partial charge in [0.1, 0.15) is 6.54 Å². The highest BCUT2D eigenvalue weighted by molar-refractivity contribution is 5.97. The third-order valence-corrected chi connectivity index (χ3v) is 5.99. The third kappa shape index (κ3) is 6.94. The highest BCUT2D eigenvalue weighted by Gasteiger charge is 2.19. The molecule has 0 saturated heterocycles. The second-order valence-corrected chi connectivity index (χ2v) is 9.03. The van der Waals surface area contributed by atoms with Gasteiger partial charge in [0.15, 0.2) is 0 Å². The first-order chi connectivity index (χ1) is 18.3. The van der Waals surface area contributed by atoms with Crippen LogP contribution < -0.4 is 5.56 Å². The lowest BCUT2D eigenvalue weighted by molar-refractivity contribution is -0.141. The molecular weight excluding hydrogens is 484 g/mol. The van der Waals surface area contributed by atoms with E-state index in [0.717, 1.165) is 29.5 Å². The summed E-state index contributed by atoms with van der Waals surface area (Å²) in [4.78, 5) is 48.8. The third-order valence-electron chi connectivity index (χ3n) is 5.99. The first kappa shape index (κ1) is 28.3. The van der Waals surface area contributed by atoms with Crippen molar-refractivity contribution in [2.75, 3.05) is 28.3 Å². The largest absolute Gasteiger partial charge is 0.468 e. The molecule has 0 amide bonds. The highest BCUT2D eigenvalue weighted by Crippen LogP contribution is 2.25. The molecule has 0 aliphatic rings. The van der Waals surface area contributed by atoms with Crippen LogP contribution in [0.2, 0.25) is 0 Å². The van der Waals surface area contributed by atoms with Crippen LogP contribution in [0.4, 0.5) is 5.95 Å². The molecule has 0 fully saturated rings. The minimum absolute atomic E-state index is 0.165. The number of rotatable bonds is 11. The summed E-state index contributed by atoms with van der Waals surface area (Å²) >= 11 is 0. The normalized spacial score (nSPS) is 11.0. The summed E-state index contributed by atoms with van der Waals surface area (Å²) in [5, 5.41) is 0. The zero-order chi connectivity index (χ0) is 27.7. The summed E-state index contributed by atoms with van der Waals surface area (Å²) in [7, 11) is 6.26. The summed E-state index contributed by atoms with van der Waals surface area (Å²) in [5.41, 5.74) is 3.87. The first-order valence-corrected chi connectivity index (χ1v) is 12.5. The summed E-state index contributed by atoms with van der Waals surface area (Å²) < 4.78 is 11.0. The van der Waals surface area contributed by atoms with E-state index >= 15 is 0 Å². The van der Waals surface area contributed by atoms with Gasteiger partial charge in [0.25, 0.3) is 5.56 Å². The predicted molar refractivity (Wildman–Crippen MR) is 147 cm³/mol. The molecule has 38 heavy (non-hydrogen) atoms. The molecule has 0 N–H and O–H groups in total. The van der Waals surface area contributed by atoms with Gasteiger partial charge >= 0.3 is 11.9 Å². The van der Waals surface area contributed by atoms with Gasteiger partial charge in [-0.25, -0.2) is 14.8 Å². The predicted octanol–water partition coefficient (Wildman–Crippen LogP) is 4.02. The average molecular weight is 519 g/mol. The molecule has 0 spiro atoms. The number of aryl methyl sites for hydroxylation is 1. The van der Waals surface area contributed by atoms with E-state index in [-0.39, 0.29) is 18.1 Å². The minimum atomic E-state index is -0.559. The van der Waals surface area contributed by atoms with E-state index < -0.39 is 11.9 Å². The maximum Gasteiger partial charge on any atom is 0.338 e. The number of hydrogen-bond donors (Lipinski definition) is 0. The van der Waals surface area contributed by atoms with E-state index in [0.29, 0.717) is 29.7 Å². The van der Waals surface area contributed by atoms with E-state index in [1.807, 2.05) is 50.5 Å². The van der Waals surface area contributed by atoms with Gasteiger partial charge in [-0.1, -0.05) is 55.8 Å². The molecule has 9 nitrogen and oxygen atoms in total. The van der Waals surface area contributed by atoms with Crippen molar-refractivity contribution in [3.63, 3.8) is 0 Å². The molecule has 0 bridgehead atoms. The number of esters is 2. The Morgan fingerprint density at radius 2 is 1.76 bits per heavy atom. The molecular formula is C29H34N4O5. The van der Waals surface area contributed by atoms with Crippen LogP contribution in [-0.4, -0.2) is 61.0 Å². The SMILES string of the molecule is CCCCc1nc(N=CN(C)C)n(CC(=O)OC)c(=O)c1Cc1ccc(-c2ccccc2C(=O)OC)cc1. The Balaban J connectivity index is 2.05. The number of carbonyl (C=O) groups is 2. The fourth-order valence-electron chi connectivity index (χ4n) is 3.99. The maximum absolute atomic E-state index is 13.7. The summed E-state index contributed by atoms with van der Waals surface area (Å²) in [6, 6.07) is 14.9. The summed E-state index contributed by atoms with van der Waals surface area (Å²) in [6.45, 7) is 1.79. The van der Waals surface area contributed by atoms with Crippen molar-refractivity contribution in [1.29, 1.82) is 0 Å². The van der Waals surface area contributed by atoms with Crippen LogP contribution in [0.25, 0.3) is 11.1 Å². The van der Waals surface area contributed by atoms with Crippen molar-refractivity contribution in [3.8, 4) is 11.1 Å². The quantitative estimate of drug-likeness (QED) is 0.215. The van der Waals surface area contributed by atoms with Crippen LogP contribution in [0.15, 0.2) is 58.3 Å². The molecule has 1 aromatic heterocycles. The van der Waals surface area contributed by atoms with Crippen LogP contribution in [0.3, 0.4) is 0 Å². The monoisotopic (exact) mass is 518 g/mol. The topological polar surface area (TPSA) is 103 Å². The Kier molecular flexibility index (Phi) is 9.92. The fraction of sp³-hybridized carbons (Fsp3) is 0.345. The van der Waals surface area contributed by atoms with Crippen LogP contribution in [0, 0.1) is 0 Å². The zero-order valence-electron chi connectivity index (χ0n) is 22.6. The van der Waals surface area contributed by atoms with Crippen LogP contribution >= 0.6 is 0 Å². The number of carbonyl (C=O) groups excluding carboxylic acids is 2. The molecule has 3 rings (SSSR count). The standard InChI is InChI=1S/C29H34N4O5/c1-6-7-12-25-24(27(35)33(18-26(34)37-4)29(31-25)30-19-32(2)3)17-20-13-15-21(16-14-20)22-10-8-9-11-23(22)28(36)38-5/h8-11,13-16,19H,6-7,12,17-18H2,1-5H3. The van der Waals surface area contributed by atoms with Crippen LogP contribution in [-0.2, 0) is 33.7 Å². The molecule has 0 atom stereocenters. The highest BCUT2D eigenvalue weighted by atomic mass is 16.5. The van der Waals surface area contributed by atoms with E-state index in [2.05, 4.69) is 11.9 Å². The van der Waals surface area contributed by atoms with Gasteiger partial charge in [0.05, 0.1) is 31.8 Å². The Hall–Kier alpha value is -4.27. The van der Waals surface area contributed by atoms with Crippen molar-refractivity contribution >= 4 is 24.2 Å². The smallest absolute Gasteiger partial charge is 0.338 e. The van der Waals surface area contributed by atoms with Gasteiger partial charge < -0.3 is 14.4 Å². The van der Waals surface area contributed by atoms with Gasteiger partial charge in [-0.3, -0.25) is 14.2 Å². The second-order valence-electron chi connectivity index (χ2n) is 9.03. The van der Waals surface area contributed by atoms with E-state index in [1.54, 1.807) is 23.4 Å². The molecule has 1 heterocycles. The maximum atomic E-state index is 13.7. The lowest BCUT2D eigenvalue weighted by Gasteiger charge is -2.15. The number of aromatic nitrogens is 2. The summed E-state index contributed by atoms with van der Waals surface area (Å²) in [5.74, 6) is -0.797. The number of nitrogens with zero attached hydrogens (tertiary/aromatic N) is 4. The van der Waals surface area contributed by atoms with E-state index in [9.17, 15) is 14.4 Å².